The summed E-state index contributed by atoms with van der Waals surface area (Å²) in [6.07, 6.45) is 4.45. The van der Waals surface area contributed by atoms with Crippen molar-refractivity contribution in [3.63, 3.8) is 0 Å². The number of ether oxygens (including phenoxy) is 1. The minimum Gasteiger partial charge on any atom is -0.373 e. The van der Waals surface area contributed by atoms with Crippen LogP contribution in [-0.2, 0) is 25.8 Å². The van der Waals surface area contributed by atoms with Gasteiger partial charge in [-0.2, -0.15) is 19.3 Å². The molecule has 3 unspecified atom stereocenters. The summed E-state index contributed by atoms with van der Waals surface area (Å²) in [7, 11) is -2.13. The lowest BCUT2D eigenvalue weighted by molar-refractivity contribution is -0.0183. The van der Waals surface area contributed by atoms with Crippen LogP contribution in [0.3, 0.4) is 0 Å². The number of aromatic nitrogens is 5. The molecule has 9 nitrogen and oxygen atoms in total. The summed E-state index contributed by atoms with van der Waals surface area (Å²) in [6.45, 7) is 6.54. The largest absolute Gasteiger partial charge is 0.373 e. The quantitative estimate of drug-likeness (QED) is 0.239. The van der Waals surface area contributed by atoms with Gasteiger partial charge in [0, 0.05) is 31.0 Å². The summed E-state index contributed by atoms with van der Waals surface area (Å²) in [6, 6.07) is 20.7. The van der Waals surface area contributed by atoms with E-state index in [1.807, 2.05) is 42.9 Å². The van der Waals surface area contributed by atoms with Crippen molar-refractivity contribution in [2.24, 2.45) is 5.92 Å². The van der Waals surface area contributed by atoms with Crippen molar-refractivity contribution in [1.82, 2.24) is 29.1 Å². The van der Waals surface area contributed by atoms with Crippen LogP contribution in [0.15, 0.2) is 84.1 Å². The van der Waals surface area contributed by atoms with Gasteiger partial charge in [0.2, 0.25) is 5.03 Å². The fourth-order valence-corrected chi connectivity index (χ4v) is 8.86. The summed E-state index contributed by atoms with van der Waals surface area (Å²) in [5.74, 6) is -0.316. The lowest BCUT2D eigenvalue weighted by Crippen LogP contribution is -2.38. The zero-order valence-corrected chi connectivity index (χ0v) is 26.0. The van der Waals surface area contributed by atoms with Crippen LogP contribution in [0.25, 0.3) is 16.6 Å². The van der Waals surface area contributed by atoms with E-state index in [0.717, 1.165) is 33.3 Å². The molecule has 44 heavy (non-hydrogen) atoms. The first-order valence-corrected chi connectivity index (χ1v) is 16.3. The summed E-state index contributed by atoms with van der Waals surface area (Å²) in [4.78, 5) is 1.43. The number of benzene rings is 3. The zero-order chi connectivity index (χ0) is 30.9. The second kappa shape index (κ2) is 10.3. The molecule has 228 valence electrons. The van der Waals surface area contributed by atoms with Crippen molar-refractivity contribution in [1.29, 1.82) is 0 Å². The molecule has 0 spiro atoms. The first-order chi connectivity index (χ1) is 21.1. The topological polar surface area (TPSA) is 95.1 Å². The minimum absolute atomic E-state index is 0.0131. The molecule has 7 rings (SSSR count). The molecule has 2 fully saturated rings. The fourth-order valence-electron chi connectivity index (χ4n) is 7.45. The number of sulfonamides is 1. The van der Waals surface area contributed by atoms with Crippen molar-refractivity contribution in [2.75, 3.05) is 20.2 Å². The number of rotatable bonds is 7. The van der Waals surface area contributed by atoms with E-state index in [2.05, 4.69) is 46.5 Å². The van der Waals surface area contributed by atoms with Gasteiger partial charge in [0.1, 0.15) is 5.82 Å². The molecule has 3 heterocycles. The van der Waals surface area contributed by atoms with Crippen LogP contribution < -0.4 is 0 Å². The number of methoxy groups -OCH3 is 1. The summed E-state index contributed by atoms with van der Waals surface area (Å²) in [5.41, 5.74) is 3.79. The van der Waals surface area contributed by atoms with Crippen LogP contribution in [0.2, 0.25) is 0 Å². The normalized spacial score (nSPS) is 24.0. The second-order valence-corrected chi connectivity index (χ2v) is 14.3. The van der Waals surface area contributed by atoms with Crippen LogP contribution in [0.5, 0.6) is 0 Å². The molecule has 0 bridgehead atoms. The van der Waals surface area contributed by atoms with Crippen LogP contribution >= 0.6 is 0 Å². The predicted molar refractivity (Wildman–Crippen MR) is 164 cm³/mol. The van der Waals surface area contributed by atoms with Crippen molar-refractivity contribution < 1.29 is 17.5 Å². The van der Waals surface area contributed by atoms with Crippen LogP contribution in [0.1, 0.15) is 49.4 Å². The number of hydrogen-bond acceptors (Lipinski definition) is 6. The Bertz CT molecular complexity index is 1960. The lowest BCUT2D eigenvalue weighted by atomic mass is 9.72. The maximum absolute atomic E-state index is 14.0. The lowest BCUT2D eigenvalue weighted by Gasteiger charge is -2.35. The molecule has 11 heteroatoms. The van der Waals surface area contributed by atoms with Gasteiger partial charge in [-0.05, 0) is 92.6 Å². The molecule has 2 aromatic heterocycles. The van der Waals surface area contributed by atoms with E-state index in [-0.39, 0.29) is 22.8 Å². The van der Waals surface area contributed by atoms with E-state index < -0.39 is 21.0 Å². The van der Waals surface area contributed by atoms with Gasteiger partial charge in [0.25, 0.3) is 10.0 Å². The molecule has 3 atom stereocenters. The number of halogens is 1. The van der Waals surface area contributed by atoms with Crippen molar-refractivity contribution in [2.45, 2.75) is 55.7 Å². The van der Waals surface area contributed by atoms with E-state index in [4.69, 9.17) is 4.74 Å². The van der Waals surface area contributed by atoms with Gasteiger partial charge >= 0.3 is 0 Å². The van der Waals surface area contributed by atoms with Gasteiger partial charge in [-0.3, -0.25) is 0 Å². The molecule has 1 aliphatic carbocycles. The van der Waals surface area contributed by atoms with Crippen molar-refractivity contribution >= 4 is 20.9 Å². The first-order valence-electron chi connectivity index (χ1n) is 14.8. The van der Waals surface area contributed by atoms with E-state index in [0.29, 0.717) is 25.9 Å². The SMILES string of the molecule is COC1(c2ccccc2)CC2CN(S(=O)(=O)c3cnn(C(C)C)n3)CC2(c2cc3cnn(-c4ccc(F)cc4)c3cc2C)C1. The maximum atomic E-state index is 14.0. The third-order valence-electron chi connectivity index (χ3n) is 9.61. The Morgan fingerprint density at radius 1 is 1.02 bits per heavy atom. The van der Waals surface area contributed by atoms with Crippen LogP contribution in [0.4, 0.5) is 4.39 Å². The van der Waals surface area contributed by atoms with Crippen molar-refractivity contribution in [3.8, 4) is 5.69 Å². The monoisotopic (exact) mass is 614 g/mol. The first kappa shape index (κ1) is 28.8. The van der Waals surface area contributed by atoms with Crippen LogP contribution in [0, 0.1) is 18.7 Å². The fraction of sp³-hybridized carbons (Fsp3) is 0.364. The standard InChI is InChI=1S/C33H35FN6O3S/c1-22(2)40-36-18-31(37-40)44(41,42)38-19-26-16-33(43-4,25-8-6-5-7-9-25)20-32(26,21-38)29-15-24-17-35-39(30(24)14-23(29)3)28-12-10-27(34)11-13-28/h5-15,17-18,22,26H,16,19-21H2,1-4H3. The minimum atomic E-state index is -3.89. The highest BCUT2D eigenvalue weighted by Crippen LogP contribution is 2.60. The summed E-state index contributed by atoms with van der Waals surface area (Å²) < 4.78 is 51.4. The maximum Gasteiger partial charge on any atom is 0.264 e. The Morgan fingerprint density at radius 2 is 1.77 bits per heavy atom. The van der Waals surface area contributed by atoms with E-state index >= 15 is 0 Å². The molecule has 1 aliphatic heterocycles. The Morgan fingerprint density at radius 3 is 2.45 bits per heavy atom. The number of nitrogens with zero attached hydrogens (tertiary/aromatic N) is 6. The molecular weight excluding hydrogens is 579 g/mol. The Labute approximate surface area is 256 Å². The van der Waals surface area contributed by atoms with E-state index in [1.54, 1.807) is 23.5 Å². The molecule has 0 amide bonds. The molecule has 1 saturated heterocycles. The third-order valence-corrected chi connectivity index (χ3v) is 11.3. The third kappa shape index (κ3) is 4.40. The van der Waals surface area contributed by atoms with Gasteiger partial charge in [-0.15, -0.1) is 5.10 Å². The van der Waals surface area contributed by atoms with Gasteiger partial charge in [0.05, 0.1) is 35.2 Å². The molecule has 0 radical (unpaired) electrons. The number of hydrogen-bond donors (Lipinski definition) is 0. The molecule has 5 aromatic rings. The van der Waals surface area contributed by atoms with E-state index in [9.17, 15) is 12.8 Å². The molecule has 2 aliphatic rings. The summed E-state index contributed by atoms with van der Waals surface area (Å²) >= 11 is 0. The van der Waals surface area contributed by atoms with Gasteiger partial charge in [-0.1, -0.05) is 30.3 Å². The van der Waals surface area contributed by atoms with E-state index in [1.165, 1.54) is 23.1 Å². The second-order valence-electron chi connectivity index (χ2n) is 12.5. The number of aryl methyl sites for hydroxylation is 1. The van der Waals surface area contributed by atoms with Crippen molar-refractivity contribution in [3.05, 3.63) is 102 Å². The Hall–Kier alpha value is -3.93. The average Bonchev–Trinajstić information content (AvgIpc) is 3.79. The zero-order valence-electron chi connectivity index (χ0n) is 25.2. The highest BCUT2D eigenvalue weighted by molar-refractivity contribution is 7.89. The highest BCUT2D eigenvalue weighted by atomic mass is 32.2. The van der Waals surface area contributed by atoms with Gasteiger partial charge < -0.3 is 4.74 Å². The summed E-state index contributed by atoms with van der Waals surface area (Å²) in [5, 5.41) is 14.1. The molecule has 3 aromatic carbocycles. The highest BCUT2D eigenvalue weighted by Gasteiger charge is 2.62. The Balaban J connectivity index is 1.35. The van der Waals surface area contributed by atoms with Gasteiger partial charge in [0.15, 0.2) is 0 Å². The smallest absolute Gasteiger partial charge is 0.264 e. The molecular formula is C33H35FN6O3S. The molecule has 0 N–H and O–H groups in total. The average molecular weight is 615 g/mol. The van der Waals surface area contributed by atoms with Crippen LogP contribution in [-0.4, -0.2) is 57.7 Å². The number of fused-ring (bicyclic) bond motifs is 2. The van der Waals surface area contributed by atoms with Gasteiger partial charge in [-0.25, -0.2) is 17.5 Å². The predicted octanol–water partition coefficient (Wildman–Crippen LogP) is 5.54. The Kier molecular flexibility index (Phi) is 6.76. The molecule has 1 saturated carbocycles.